The molecule has 2 heterocycles. The maximum absolute atomic E-state index is 2.26. The summed E-state index contributed by atoms with van der Waals surface area (Å²) >= 11 is 5.94. The molecule has 0 unspecified atom stereocenters. The number of hydrogen-bond acceptors (Lipinski definition) is 3. The van der Waals surface area contributed by atoms with Crippen molar-refractivity contribution in [3.05, 3.63) is 22.4 Å². The third kappa shape index (κ3) is 1.36. The maximum atomic E-state index is 2.26. The predicted octanol–water partition coefficient (Wildman–Crippen LogP) is 3.23. The molecule has 1 aliphatic heterocycles. The molecule has 1 aromatic heterocycles. The molecule has 1 fully saturated rings. The summed E-state index contributed by atoms with van der Waals surface area (Å²) in [7, 11) is 0. The summed E-state index contributed by atoms with van der Waals surface area (Å²) in [6.07, 6.45) is 0. The first kappa shape index (κ1) is 7.07. The average Bonchev–Trinajstić information content (AvgIpc) is 2.59. The van der Waals surface area contributed by atoms with E-state index < -0.39 is 0 Å². The summed E-state index contributed by atoms with van der Waals surface area (Å²) in [6.45, 7) is 0. The van der Waals surface area contributed by atoms with Crippen LogP contribution in [0.3, 0.4) is 0 Å². The molecule has 0 spiro atoms. The average molecular weight is 188 g/mol. The van der Waals surface area contributed by atoms with Gasteiger partial charge < -0.3 is 0 Å². The Labute approximate surface area is 73.4 Å². The Balaban J connectivity index is 2.12. The molecule has 0 nitrogen and oxygen atoms in total. The van der Waals surface area contributed by atoms with E-state index >= 15 is 0 Å². The van der Waals surface area contributed by atoms with Gasteiger partial charge in [-0.05, 0) is 22.4 Å². The third-order valence-electron chi connectivity index (χ3n) is 1.44. The van der Waals surface area contributed by atoms with Crippen molar-refractivity contribution in [2.24, 2.45) is 0 Å². The SMILES string of the molecule is c1cc(C2SCCS2)cs1. The molecular weight excluding hydrogens is 180 g/mol. The van der Waals surface area contributed by atoms with Crippen LogP contribution in [0.4, 0.5) is 0 Å². The molecule has 3 heteroatoms. The van der Waals surface area contributed by atoms with Crippen molar-refractivity contribution in [3.8, 4) is 0 Å². The molecule has 0 amide bonds. The fourth-order valence-corrected chi connectivity index (χ4v) is 4.66. The summed E-state index contributed by atoms with van der Waals surface area (Å²) in [5.74, 6) is 2.65. The lowest BCUT2D eigenvalue weighted by molar-refractivity contribution is 1.45. The second-order valence-electron chi connectivity index (χ2n) is 2.13. The van der Waals surface area contributed by atoms with Crippen LogP contribution < -0.4 is 0 Å². The van der Waals surface area contributed by atoms with Crippen molar-refractivity contribution < 1.29 is 0 Å². The van der Waals surface area contributed by atoms with Crippen LogP contribution in [0, 0.1) is 0 Å². The lowest BCUT2D eigenvalue weighted by atomic mass is 10.4. The van der Waals surface area contributed by atoms with Crippen LogP contribution in [0.15, 0.2) is 16.8 Å². The summed E-state index contributed by atoms with van der Waals surface area (Å²) < 4.78 is 0.742. The zero-order valence-corrected chi connectivity index (χ0v) is 7.90. The molecule has 1 aromatic rings. The quantitative estimate of drug-likeness (QED) is 0.663. The first-order chi connectivity index (χ1) is 4.97. The standard InChI is InChI=1S/C7H8S3/c1-2-8-5-6(1)7-9-3-4-10-7/h1-2,5,7H,3-4H2. The van der Waals surface area contributed by atoms with Gasteiger partial charge in [0.15, 0.2) is 0 Å². The minimum atomic E-state index is 0.742. The number of rotatable bonds is 1. The lowest BCUT2D eigenvalue weighted by Gasteiger charge is -2.02. The first-order valence-electron chi connectivity index (χ1n) is 3.22. The maximum Gasteiger partial charge on any atom is 0.0759 e. The number of hydrogen-bond donors (Lipinski definition) is 0. The molecule has 0 radical (unpaired) electrons. The van der Waals surface area contributed by atoms with Crippen molar-refractivity contribution in [2.75, 3.05) is 11.5 Å². The predicted molar refractivity (Wildman–Crippen MR) is 52.0 cm³/mol. The highest BCUT2D eigenvalue weighted by Gasteiger charge is 2.17. The van der Waals surface area contributed by atoms with E-state index in [1.165, 1.54) is 17.1 Å². The van der Waals surface area contributed by atoms with Crippen LogP contribution in [0.1, 0.15) is 10.1 Å². The van der Waals surface area contributed by atoms with E-state index in [-0.39, 0.29) is 0 Å². The highest BCUT2D eigenvalue weighted by molar-refractivity contribution is 8.19. The molecule has 0 N–H and O–H groups in total. The van der Waals surface area contributed by atoms with Crippen molar-refractivity contribution in [1.82, 2.24) is 0 Å². The van der Waals surface area contributed by atoms with E-state index in [4.69, 9.17) is 0 Å². The third-order valence-corrected chi connectivity index (χ3v) is 5.24. The van der Waals surface area contributed by atoms with Crippen molar-refractivity contribution in [2.45, 2.75) is 4.58 Å². The molecule has 1 saturated heterocycles. The Bertz CT molecular complexity index is 187. The molecule has 0 aromatic carbocycles. The van der Waals surface area contributed by atoms with Gasteiger partial charge in [-0.25, -0.2) is 0 Å². The van der Waals surface area contributed by atoms with Crippen LogP contribution in [0.25, 0.3) is 0 Å². The van der Waals surface area contributed by atoms with E-state index in [0.717, 1.165) is 4.58 Å². The van der Waals surface area contributed by atoms with E-state index in [9.17, 15) is 0 Å². The van der Waals surface area contributed by atoms with Gasteiger partial charge in [0, 0.05) is 11.5 Å². The van der Waals surface area contributed by atoms with Crippen LogP contribution in [-0.4, -0.2) is 11.5 Å². The topological polar surface area (TPSA) is 0 Å². The van der Waals surface area contributed by atoms with E-state index in [1.807, 2.05) is 0 Å². The smallest absolute Gasteiger partial charge is 0.0759 e. The number of thiophene rings is 1. The van der Waals surface area contributed by atoms with Gasteiger partial charge in [0.05, 0.1) is 4.58 Å². The molecule has 0 aliphatic carbocycles. The Morgan fingerprint density at radius 1 is 1.30 bits per heavy atom. The summed E-state index contributed by atoms with van der Waals surface area (Å²) in [5, 5.41) is 4.42. The second kappa shape index (κ2) is 3.20. The van der Waals surface area contributed by atoms with E-state index in [2.05, 4.69) is 40.4 Å². The number of thioether (sulfide) groups is 2. The van der Waals surface area contributed by atoms with Crippen LogP contribution >= 0.6 is 34.9 Å². The monoisotopic (exact) mass is 188 g/mol. The Kier molecular flexibility index (Phi) is 2.26. The molecule has 0 bridgehead atoms. The van der Waals surface area contributed by atoms with Gasteiger partial charge in [0.1, 0.15) is 0 Å². The van der Waals surface area contributed by atoms with Crippen molar-refractivity contribution in [1.29, 1.82) is 0 Å². The zero-order valence-electron chi connectivity index (χ0n) is 5.45. The molecule has 0 atom stereocenters. The second-order valence-corrected chi connectivity index (χ2v) is 5.63. The highest BCUT2D eigenvalue weighted by Crippen LogP contribution is 2.45. The van der Waals surface area contributed by atoms with Crippen molar-refractivity contribution >= 4 is 34.9 Å². The molecule has 1 aliphatic rings. The molecule has 0 saturated carbocycles. The first-order valence-corrected chi connectivity index (χ1v) is 6.26. The molecule has 10 heavy (non-hydrogen) atoms. The Morgan fingerprint density at radius 2 is 2.10 bits per heavy atom. The minimum absolute atomic E-state index is 0.742. The molecular formula is C7H8S3. The Morgan fingerprint density at radius 3 is 2.70 bits per heavy atom. The van der Waals surface area contributed by atoms with Crippen LogP contribution in [-0.2, 0) is 0 Å². The fraction of sp³-hybridized carbons (Fsp3) is 0.429. The van der Waals surface area contributed by atoms with Crippen LogP contribution in [0.5, 0.6) is 0 Å². The fourth-order valence-electron chi connectivity index (χ4n) is 0.960. The van der Waals surface area contributed by atoms with Gasteiger partial charge in [-0.1, -0.05) is 0 Å². The van der Waals surface area contributed by atoms with Gasteiger partial charge in [-0.15, -0.1) is 23.5 Å². The Hall–Kier alpha value is 0.400. The lowest BCUT2D eigenvalue weighted by Crippen LogP contribution is -1.76. The highest BCUT2D eigenvalue weighted by atomic mass is 32.2. The van der Waals surface area contributed by atoms with Gasteiger partial charge in [-0.3, -0.25) is 0 Å². The van der Waals surface area contributed by atoms with Crippen molar-refractivity contribution in [3.63, 3.8) is 0 Å². The van der Waals surface area contributed by atoms with E-state index in [0.29, 0.717) is 0 Å². The normalized spacial score (nSPS) is 20.0. The molecule has 2 rings (SSSR count). The minimum Gasteiger partial charge on any atom is -0.152 e. The van der Waals surface area contributed by atoms with Gasteiger partial charge in [0.2, 0.25) is 0 Å². The molecule has 54 valence electrons. The van der Waals surface area contributed by atoms with Crippen LogP contribution in [0.2, 0.25) is 0 Å². The summed E-state index contributed by atoms with van der Waals surface area (Å²) in [5.41, 5.74) is 1.51. The zero-order chi connectivity index (χ0) is 6.81. The van der Waals surface area contributed by atoms with Gasteiger partial charge in [-0.2, -0.15) is 11.3 Å². The van der Waals surface area contributed by atoms with Gasteiger partial charge in [0.25, 0.3) is 0 Å². The van der Waals surface area contributed by atoms with E-state index in [1.54, 1.807) is 11.3 Å². The largest absolute Gasteiger partial charge is 0.152 e. The summed E-state index contributed by atoms with van der Waals surface area (Å²) in [6, 6.07) is 2.24. The van der Waals surface area contributed by atoms with Gasteiger partial charge >= 0.3 is 0 Å². The summed E-state index contributed by atoms with van der Waals surface area (Å²) in [4.78, 5) is 0.